The average molecular weight is 242 g/mol. The van der Waals surface area contributed by atoms with Gasteiger partial charge in [0, 0.05) is 32.8 Å². The van der Waals surface area contributed by atoms with Gasteiger partial charge in [-0.05, 0) is 45.2 Å². The summed E-state index contributed by atoms with van der Waals surface area (Å²) in [7, 11) is 0. The lowest BCUT2D eigenvalue weighted by Gasteiger charge is -2.31. The van der Waals surface area contributed by atoms with Crippen molar-refractivity contribution in [3.05, 3.63) is 0 Å². The van der Waals surface area contributed by atoms with E-state index in [0.29, 0.717) is 0 Å². The van der Waals surface area contributed by atoms with E-state index >= 15 is 0 Å². The number of likely N-dealkylation sites (N-methyl/N-ethyl adjacent to an activating group) is 1. The van der Waals surface area contributed by atoms with E-state index in [4.69, 9.17) is 4.74 Å². The van der Waals surface area contributed by atoms with Crippen LogP contribution in [0.1, 0.15) is 39.5 Å². The molecule has 0 aliphatic heterocycles. The van der Waals surface area contributed by atoms with Crippen LogP contribution in [0, 0.1) is 5.92 Å². The Labute approximate surface area is 107 Å². The van der Waals surface area contributed by atoms with Crippen LogP contribution in [0.4, 0.5) is 0 Å². The molecule has 0 radical (unpaired) electrons. The third-order valence-electron chi connectivity index (χ3n) is 3.64. The molecule has 3 heteroatoms. The van der Waals surface area contributed by atoms with Gasteiger partial charge < -0.3 is 15.0 Å². The first kappa shape index (κ1) is 14.9. The predicted octanol–water partition coefficient (Wildman–Crippen LogP) is 2.12. The Bertz CT molecular complexity index is 172. The Morgan fingerprint density at radius 3 is 2.65 bits per heavy atom. The average Bonchev–Trinajstić information content (AvgIpc) is 2.29. The van der Waals surface area contributed by atoms with Gasteiger partial charge in [0.1, 0.15) is 0 Å². The van der Waals surface area contributed by atoms with E-state index in [1.807, 2.05) is 6.92 Å². The van der Waals surface area contributed by atoms with E-state index in [0.717, 1.165) is 38.6 Å². The van der Waals surface area contributed by atoms with Gasteiger partial charge in [0.25, 0.3) is 0 Å². The maximum absolute atomic E-state index is 5.31. The van der Waals surface area contributed by atoms with Gasteiger partial charge in [0.05, 0.1) is 0 Å². The quantitative estimate of drug-likeness (QED) is 0.562. The van der Waals surface area contributed by atoms with E-state index < -0.39 is 0 Å². The predicted molar refractivity (Wildman–Crippen MR) is 73.4 cm³/mol. The largest absolute Gasteiger partial charge is 0.382 e. The first-order valence-electron chi connectivity index (χ1n) is 7.37. The topological polar surface area (TPSA) is 24.5 Å². The van der Waals surface area contributed by atoms with Crippen molar-refractivity contribution in [2.75, 3.05) is 45.9 Å². The van der Waals surface area contributed by atoms with E-state index in [1.165, 1.54) is 38.9 Å². The summed E-state index contributed by atoms with van der Waals surface area (Å²) in [6.07, 6.45) is 5.50. The van der Waals surface area contributed by atoms with Crippen LogP contribution in [-0.4, -0.2) is 50.8 Å². The van der Waals surface area contributed by atoms with Crippen LogP contribution >= 0.6 is 0 Å². The maximum atomic E-state index is 5.31. The molecule has 0 bridgehead atoms. The molecule has 0 unspecified atom stereocenters. The van der Waals surface area contributed by atoms with Crippen LogP contribution in [0.2, 0.25) is 0 Å². The van der Waals surface area contributed by atoms with Crippen molar-refractivity contribution in [1.82, 2.24) is 10.2 Å². The highest BCUT2D eigenvalue weighted by Crippen LogP contribution is 2.26. The van der Waals surface area contributed by atoms with Crippen molar-refractivity contribution in [3.63, 3.8) is 0 Å². The number of ether oxygens (including phenoxy) is 1. The molecule has 1 aliphatic carbocycles. The zero-order chi connectivity index (χ0) is 12.3. The molecule has 0 heterocycles. The summed E-state index contributed by atoms with van der Waals surface area (Å²) in [5.41, 5.74) is 0. The van der Waals surface area contributed by atoms with Crippen molar-refractivity contribution in [2.24, 2.45) is 5.92 Å². The minimum Gasteiger partial charge on any atom is -0.382 e. The van der Waals surface area contributed by atoms with Gasteiger partial charge in [-0.25, -0.2) is 0 Å². The SMILES string of the molecule is CCOCCCNCCN(CC)CC1CCC1. The molecule has 1 rings (SSSR count). The van der Waals surface area contributed by atoms with Gasteiger partial charge in [-0.3, -0.25) is 0 Å². The minimum absolute atomic E-state index is 0.838. The molecular weight excluding hydrogens is 212 g/mol. The molecule has 0 saturated heterocycles. The Balaban J connectivity index is 1.88. The van der Waals surface area contributed by atoms with Crippen molar-refractivity contribution >= 4 is 0 Å². The molecule has 1 fully saturated rings. The molecule has 0 amide bonds. The molecule has 0 aromatic rings. The number of nitrogens with one attached hydrogen (secondary N) is 1. The summed E-state index contributed by atoms with van der Waals surface area (Å²) >= 11 is 0. The summed E-state index contributed by atoms with van der Waals surface area (Å²) in [6, 6.07) is 0. The first-order valence-corrected chi connectivity index (χ1v) is 7.37. The molecule has 1 aliphatic rings. The second-order valence-electron chi connectivity index (χ2n) is 4.99. The molecule has 17 heavy (non-hydrogen) atoms. The summed E-state index contributed by atoms with van der Waals surface area (Å²) in [5.74, 6) is 0.993. The van der Waals surface area contributed by atoms with Crippen LogP contribution < -0.4 is 5.32 Å². The number of hydrogen-bond acceptors (Lipinski definition) is 3. The summed E-state index contributed by atoms with van der Waals surface area (Å²) in [6.45, 7) is 12.0. The summed E-state index contributed by atoms with van der Waals surface area (Å²) in [5, 5.41) is 3.50. The van der Waals surface area contributed by atoms with Gasteiger partial charge in [-0.2, -0.15) is 0 Å². The van der Waals surface area contributed by atoms with Crippen LogP contribution in [0.3, 0.4) is 0 Å². The minimum atomic E-state index is 0.838. The number of hydrogen-bond donors (Lipinski definition) is 1. The molecular formula is C14H30N2O. The summed E-state index contributed by atoms with van der Waals surface area (Å²) < 4.78 is 5.31. The lowest BCUT2D eigenvalue weighted by atomic mass is 9.85. The van der Waals surface area contributed by atoms with E-state index in [2.05, 4.69) is 17.1 Å². The van der Waals surface area contributed by atoms with Crippen LogP contribution in [0.5, 0.6) is 0 Å². The summed E-state index contributed by atoms with van der Waals surface area (Å²) in [4.78, 5) is 2.58. The Kier molecular flexibility index (Phi) is 8.67. The Hall–Kier alpha value is -0.120. The first-order chi connectivity index (χ1) is 8.36. The van der Waals surface area contributed by atoms with Gasteiger partial charge >= 0.3 is 0 Å². The van der Waals surface area contributed by atoms with Gasteiger partial charge in [-0.15, -0.1) is 0 Å². The highest BCUT2D eigenvalue weighted by Gasteiger charge is 2.19. The second-order valence-corrected chi connectivity index (χ2v) is 4.99. The highest BCUT2D eigenvalue weighted by molar-refractivity contribution is 4.73. The fourth-order valence-corrected chi connectivity index (χ4v) is 2.22. The zero-order valence-electron chi connectivity index (χ0n) is 11.7. The monoisotopic (exact) mass is 242 g/mol. The molecule has 0 spiro atoms. The normalized spacial score (nSPS) is 16.4. The third-order valence-corrected chi connectivity index (χ3v) is 3.64. The van der Waals surface area contributed by atoms with E-state index in [-0.39, 0.29) is 0 Å². The maximum Gasteiger partial charge on any atom is 0.0477 e. The fourth-order valence-electron chi connectivity index (χ4n) is 2.22. The zero-order valence-corrected chi connectivity index (χ0v) is 11.7. The number of nitrogens with zero attached hydrogens (tertiary/aromatic N) is 1. The van der Waals surface area contributed by atoms with Crippen molar-refractivity contribution in [2.45, 2.75) is 39.5 Å². The molecule has 3 nitrogen and oxygen atoms in total. The highest BCUT2D eigenvalue weighted by atomic mass is 16.5. The smallest absolute Gasteiger partial charge is 0.0477 e. The van der Waals surface area contributed by atoms with E-state index in [9.17, 15) is 0 Å². The van der Waals surface area contributed by atoms with Crippen molar-refractivity contribution < 1.29 is 4.74 Å². The molecule has 0 aromatic heterocycles. The number of rotatable bonds is 11. The lowest BCUT2D eigenvalue weighted by Crippen LogP contribution is -2.37. The van der Waals surface area contributed by atoms with E-state index in [1.54, 1.807) is 0 Å². The standard InChI is InChI=1S/C14H30N2O/c1-3-16(13-14-7-5-8-14)11-10-15-9-6-12-17-4-2/h14-15H,3-13H2,1-2H3. The van der Waals surface area contributed by atoms with Crippen LogP contribution in [-0.2, 0) is 4.74 Å². The Morgan fingerprint density at radius 2 is 2.06 bits per heavy atom. The molecule has 1 saturated carbocycles. The molecule has 1 N–H and O–H groups in total. The fraction of sp³-hybridized carbons (Fsp3) is 1.00. The molecule has 102 valence electrons. The van der Waals surface area contributed by atoms with Gasteiger partial charge in [-0.1, -0.05) is 13.3 Å². The van der Waals surface area contributed by atoms with Crippen LogP contribution in [0.25, 0.3) is 0 Å². The lowest BCUT2D eigenvalue weighted by molar-refractivity contribution is 0.144. The van der Waals surface area contributed by atoms with Crippen molar-refractivity contribution in [3.8, 4) is 0 Å². The van der Waals surface area contributed by atoms with Gasteiger partial charge in [0.2, 0.25) is 0 Å². The molecule has 0 aromatic carbocycles. The van der Waals surface area contributed by atoms with Crippen molar-refractivity contribution in [1.29, 1.82) is 0 Å². The molecule has 0 atom stereocenters. The second kappa shape index (κ2) is 9.86. The van der Waals surface area contributed by atoms with Gasteiger partial charge in [0.15, 0.2) is 0 Å². The Morgan fingerprint density at radius 1 is 1.24 bits per heavy atom. The third kappa shape index (κ3) is 7.02. The van der Waals surface area contributed by atoms with Crippen LogP contribution in [0.15, 0.2) is 0 Å².